The van der Waals surface area contributed by atoms with Crippen molar-refractivity contribution in [3.63, 3.8) is 0 Å². The number of ether oxygens (including phenoxy) is 3. The van der Waals surface area contributed by atoms with E-state index < -0.39 is 6.10 Å². The van der Waals surface area contributed by atoms with E-state index in [1.807, 2.05) is 0 Å². The molecule has 0 aliphatic carbocycles. The van der Waals surface area contributed by atoms with Gasteiger partial charge in [-0.2, -0.15) is 0 Å². The molecule has 1 unspecified atom stereocenters. The molecule has 0 radical (unpaired) electrons. The fourth-order valence-electron chi connectivity index (χ4n) is 10.6. The molecule has 81 heavy (non-hydrogen) atoms. The summed E-state index contributed by atoms with van der Waals surface area (Å²) >= 11 is 0. The largest absolute Gasteiger partial charge is 0.462 e. The first kappa shape index (κ1) is 78.1. The number of carbonyl (C=O) groups excluding carboxylic acids is 3. The van der Waals surface area contributed by atoms with Crippen molar-refractivity contribution >= 4 is 17.9 Å². The van der Waals surface area contributed by atoms with Gasteiger partial charge in [-0.25, -0.2) is 0 Å². The summed E-state index contributed by atoms with van der Waals surface area (Å²) in [4.78, 5) is 38.4. The SMILES string of the molecule is CCCCCCC/C=C\C/C=C\C/C=C\CCCCCCCCCCCCCCCCCCC(=O)OCC(COC(=O)CCCCCCC/C=C\CCCCCCCC)OC(=O)CCCCCCCCC/C=C\CCCCCCCC. The molecule has 472 valence electrons. The Labute approximate surface area is 504 Å². The summed E-state index contributed by atoms with van der Waals surface area (Å²) < 4.78 is 17.0. The van der Waals surface area contributed by atoms with E-state index in [4.69, 9.17) is 14.2 Å². The highest BCUT2D eigenvalue weighted by Gasteiger charge is 2.19. The van der Waals surface area contributed by atoms with Gasteiger partial charge in [0.25, 0.3) is 0 Å². The van der Waals surface area contributed by atoms with Crippen LogP contribution < -0.4 is 0 Å². The van der Waals surface area contributed by atoms with Crippen molar-refractivity contribution in [2.45, 2.75) is 386 Å². The number of esters is 3. The highest BCUT2D eigenvalue weighted by atomic mass is 16.6. The van der Waals surface area contributed by atoms with Crippen molar-refractivity contribution in [2.24, 2.45) is 0 Å². The van der Waals surface area contributed by atoms with Crippen molar-refractivity contribution in [3.05, 3.63) is 60.8 Å². The summed E-state index contributed by atoms with van der Waals surface area (Å²) in [7, 11) is 0. The molecule has 0 aromatic heterocycles. The highest BCUT2D eigenvalue weighted by Crippen LogP contribution is 2.18. The molecule has 0 heterocycles. The van der Waals surface area contributed by atoms with E-state index >= 15 is 0 Å². The second-order valence-electron chi connectivity index (χ2n) is 24.1. The molecule has 0 aliphatic rings. The number of allylic oxidation sites excluding steroid dienone is 10. The number of hydrogen-bond acceptors (Lipinski definition) is 6. The van der Waals surface area contributed by atoms with Gasteiger partial charge in [-0.3, -0.25) is 14.4 Å². The van der Waals surface area contributed by atoms with Gasteiger partial charge in [-0.15, -0.1) is 0 Å². The van der Waals surface area contributed by atoms with Crippen LogP contribution in [0.3, 0.4) is 0 Å². The average molecular weight is 1130 g/mol. The molecule has 0 aromatic rings. The topological polar surface area (TPSA) is 78.9 Å². The Balaban J connectivity index is 4.21. The third-order valence-corrected chi connectivity index (χ3v) is 16.0. The summed E-state index contributed by atoms with van der Waals surface area (Å²) in [6, 6.07) is 0. The zero-order valence-electron chi connectivity index (χ0n) is 54.3. The van der Waals surface area contributed by atoms with Gasteiger partial charge in [0, 0.05) is 19.3 Å². The van der Waals surface area contributed by atoms with E-state index in [0.717, 1.165) is 77.0 Å². The monoisotopic (exact) mass is 1130 g/mol. The lowest BCUT2D eigenvalue weighted by atomic mass is 10.0. The molecule has 0 rings (SSSR count). The lowest BCUT2D eigenvalue weighted by molar-refractivity contribution is -0.167. The Kier molecular flexibility index (Phi) is 67.1. The van der Waals surface area contributed by atoms with Crippen LogP contribution in [0.1, 0.15) is 380 Å². The van der Waals surface area contributed by atoms with Crippen LogP contribution in [-0.2, 0) is 28.6 Å². The van der Waals surface area contributed by atoms with Crippen LogP contribution in [-0.4, -0.2) is 37.2 Å². The molecule has 1 atom stereocenters. The molecule has 0 saturated heterocycles. The van der Waals surface area contributed by atoms with Gasteiger partial charge in [0.1, 0.15) is 13.2 Å². The van der Waals surface area contributed by atoms with E-state index in [2.05, 4.69) is 81.5 Å². The van der Waals surface area contributed by atoms with Gasteiger partial charge < -0.3 is 14.2 Å². The fourth-order valence-corrected chi connectivity index (χ4v) is 10.6. The molecule has 0 aliphatic heterocycles. The van der Waals surface area contributed by atoms with E-state index in [9.17, 15) is 14.4 Å². The summed E-state index contributed by atoms with van der Waals surface area (Å²) in [5.74, 6) is -0.866. The Morgan fingerprint density at radius 2 is 0.444 bits per heavy atom. The van der Waals surface area contributed by atoms with Crippen molar-refractivity contribution in [1.82, 2.24) is 0 Å². The Hall–Kier alpha value is -2.89. The zero-order chi connectivity index (χ0) is 58.5. The zero-order valence-corrected chi connectivity index (χ0v) is 54.3. The van der Waals surface area contributed by atoms with Gasteiger partial charge in [-0.1, -0.05) is 313 Å². The van der Waals surface area contributed by atoms with E-state index in [1.165, 1.54) is 263 Å². The number of hydrogen-bond donors (Lipinski definition) is 0. The van der Waals surface area contributed by atoms with Crippen molar-refractivity contribution in [1.29, 1.82) is 0 Å². The number of unbranched alkanes of at least 4 members (excludes halogenated alkanes) is 45. The minimum atomic E-state index is -0.780. The van der Waals surface area contributed by atoms with Crippen molar-refractivity contribution < 1.29 is 28.6 Å². The predicted molar refractivity (Wildman–Crippen MR) is 353 cm³/mol. The van der Waals surface area contributed by atoms with Crippen molar-refractivity contribution in [3.8, 4) is 0 Å². The first-order chi connectivity index (χ1) is 40.0. The molecule has 6 nitrogen and oxygen atoms in total. The maximum atomic E-state index is 12.9. The van der Waals surface area contributed by atoms with Gasteiger partial charge in [-0.05, 0) is 109 Å². The summed E-state index contributed by atoms with van der Waals surface area (Å²) in [6.07, 6.45) is 89.6. The lowest BCUT2D eigenvalue weighted by Crippen LogP contribution is -2.30. The quantitative estimate of drug-likeness (QED) is 0.0261. The Morgan fingerprint density at radius 1 is 0.247 bits per heavy atom. The maximum Gasteiger partial charge on any atom is 0.306 e. The predicted octanol–water partition coefficient (Wildman–Crippen LogP) is 24.7. The molecular weight excluding hydrogens is 997 g/mol. The van der Waals surface area contributed by atoms with Gasteiger partial charge in [0.15, 0.2) is 6.10 Å². The molecule has 0 N–H and O–H groups in total. The lowest BCUT2D eigenvalue weighted by Gasteiger charge is -2.18. The summed E-state index contributed by atoms with van der Waals surface area (Å²) in [5, 5.41) is 0. The van der Waals surface area contributed by atoms with Crippen LogP contribution in [0, 0.1) is 0 Å². The standard InChI is InChI=1S/C75H136O6/c1-4-7-10-13-16-19-22-25-28-30-31-32-33-34-35-36-37-38-39-40-41-42-43-45-47-50-53-56-59-62-65-68-74(77)80-71-72(70-79-73(76)67-64-61-58-55-52-49-46-27-24-21-18-15-12-9-6-3)81-75(78)69-66-63-60-57-54-51-48-44-29-26-23-20-17-14-11-8-5-2/h22,25-27,29-31,33-34,46,72H,4-21,23-24,28,32,35-45,47-71H2,1-3H3/b25-22-,29-26-,31-30-,34-33-,46-27-. The maximum absolute atomic E-state index is 12.9. The van der Waals surface area contributed by atoms with E-state index in [0.29, 0.717) is 19.3 Å². The minimum absolute atomic E-state index is 0.0751. The average Bonchev–Trinajstić information content (AvgIpc) is 3.47. The van der Waals surface area contributed by atoms with Crippen LogP contribution in [0.25, 0.3) is 0 Å². The Bertz CT molecular complexity index is 1440. The second kappa shape index (κ2) is 69.6. The van der Waals surface area contributed by atoms with Gasteiger partial charge in [0.2, 0.25) is 0 Å². The molecule has 0 amide bonds. The summed E-state index contributed by atoms with van der Waals surface area (Å²) in [6.45, 7) is 6.66. The smallest absolute Gasteiger partial charge is 0.306 e. The Morgan fingerprint density at radius 3 is 0.704 bits per heavy atom. The minimum Gasteiger partial charge on any atom is -0.462 e. The van der Waals surface area contributed by atoms with E-state index in [-0.39, 0.29) is 31.1 Å². The van der Waals surface area contributed by atoms with E-state index in [1.54, 1.807) is 0 Å². The molecule has 0 fully saturated rings. The number of rotatable bonds is 66. The molecule has 0 bridgehead atoms. The highest BCUT2D eigenvalue weighted by molar-refractivity contribution is 5.71. The molecular formula is C75H136O6. The molecule has 0 saturated carbocycles. The first-order valence-electron chi connectivity index (χ1n) is 35.8. The summed E-state index contributed by atoms with van der Waals surface area (Å²) in [5.41, 5.74) is 0. The third-order valence-electron chi connectivity index (χ3n) is 16.0. The van der Waals surface area contributed by atoms with Crippen LogP contribution >= 0.6 is 0 Å². The molecule has 0 spiro atoms. The second-order valence-corrected chi connectivity index (χ2v) is 24.1. The van der Waals surface area contributed by atoms with Crippen LogP contribution in [0.15, 0.2) is 60.8 Å². The molecule has 0 aromatic carbocycles. The van der Waals surface area contributed by atoms with Gasteiger partial charge >= 0.3 is 17.9 Å². The van der Waals surface area contributed by atoms with Gasteiger partial charge in [0.05, 0.1) is 0 Å². The van der Waals surface area contributed by atoms with Crippen LogP contribution in [0.5, 0.6) is 0 Å². The van der Waals surface area contributed by atoms with Crippen LogP contribution in [0.2, 0.25) is 0 Å². The molecule has 6 heteroatoms. The van der Waals surface area contributed by atoms with Crippen molar-refractivity contribution in [2.75, 3.05) is 13.2 Å². The first-order valence-corrected chi connectivity index (χ1v) is 35.8. The normalized spacial score (nSPS) is 12.4. The third kappa shape index (κ3) is 67.8. The van der Waals surface area contributed by atoms with Crippen LogP contribution in [0.4, 0.5) is 0 Å². The fraction of sp³-hybridized carbons (Fsp3) is 0.827. The number of carbonyl (C=O) groups is 3.